The van der Waals surface area contributed by atoms with Crippen LogP contribution in [0.5, 0.6) is 0 Å². The molecule has 3 rings (SSSR count). The smallest absolute Gasteiger partial charge is 0.0881 e. The zero-order valence-electron chi connectivity index (χ0n) is 11.3. The highest BCUT2D eigenvalue weighted by atomic mass is 35.5. The summed E-state index contributed by atoms with van der Waals surface area (Å²) in [6.45, 7) is 2.68. The summed E-state index contributed by atoms with van der Waals surface area (Å²) in [6.07, 6.45) is 0.133. The molecule has 0 radical (unpaired) electrons. The molecule has 0 aromatic heterocycles. The lowest BCUT2D eigenvalue weighted by molar-refractivity contribution is -0.0170. The van der Waals surface area contributed by atoms with Gasteiger partial charge in [0.1, 0.15) is 0 Å². The summed E-state index contributed by atoms with van der Waals surface area (Å²) in [5, 5.41) is 4.08. The van der Waals surface area contributed by atoms with E-state index in [0.717, 1.165) is 18.1 Å². The first-order valence-corrected chi connectivity index (χ1v) is 7.32. The lowest BCUT2D eigenvalue weighted by Gasteiger charge is -2.35. The van der Waals surface area contributed by atoms with E-state index in [0.29, 0.717) is 12.5 Å². The van der Waals surface area contributed by atoms with Crippen LogP contribution in [0.4, 0.5) is 0 Å². The van der Waals surface area contributed by atoms with E-state index in [9.17, 15) is 0 Å². The van der Waals surface area contributed by atoms with Crippen molar-refractivity contribution in [3.8, 4) is 0 Å². The lowest BCUT2D eigenvalue weighted by atomic mass is 9.91. The number of halogens is 1. The Labute approximate surface area is 124 Å². The van der Waals surface area contributed by atoms with Crippen molar-refractivity contribution in [2.75, 3.05) is 13.1 Å². The van der Waals surface area contributed by atoms with Crippen molar-refractivity contribution in [1.29, 1.82) is 0 Å². The van der Waals surface area contributed by atoms with Gasteiger partial charge in [-0.1, -0.05) is 54.1 Å². The molecule has 1 heterocycles. The van der Waals surface area contributed by atoms with Crippen LogP contribution >= 0.6 is 11.6 Å². The van der Waals surface area contributed by atoms with Gasteiger partial charge in [0.25, 0.3) is 0 Å². The average Bonchev–Trinajstić information content (AvgIpc) is 2.43. The Balaban J connectivity index is 1.71. The standard InChI is InChI=1S/C17H18ClNO/c18-16-8-6-14(7-9-16)17(15-10-19-11-15)20-12-13-4-2-1-3-5-13/h1-9,15,17,19H,10-12H2/t17-/m1/s1. The van der Waals surface area contributed by atoms with Crippen LogP contribution in [0.15, 0.2) is 54.6 Å². The van der Waals surface area contributed by atoms with Crippen LogP contribution in [0, 0.1) is 5.92 Å². The third-order valence-electron chi connectivity index (χ3n) is 3.71. The predicted molar refractivity (Wildman–Crippen MR) is 81.8 cm³/mol. The maximum Gasteiger partial charge on any atom is 0.0881 e. The van der Waals surface area contributed by atoms with Crippen molar-refractivity contribution < 1.29 is 4.74 Å². The molecule has 2 aromatic rings. The third kappa shape index (κ3) is 3.21. The van der Waals surface area contributed by atoms with Crippen molar-refractivity contribution in [3.63, 3.8) is 0 Å². The van der Waals surface area contributed by atoms with Gasteiger partial charge in [-0.05, 0) is 23.3 Å². The highest BCUT2D eigenvalue weighted by Crippen LogP contribution is 2.30. The van der Waals surface area contributed by atoms with E-state index in [1.807, 2.05) is 30.3 Å². The molecule has 0 bridgehead atoms. The average molecular weight is 288 g/mol. The number of benzene rings is 2. The molecule has 1 aliphatic rings. The Bertz CT molecular complexity index is 537. The summed E-state index contributed by atoms with van der Waals surface area (Å²) >= 11 is 5.96. The summed E-state index contributed by atoms with van der Waals surface area (Å²) in [7, 11) is 0. The SMILES string of the molecule is Clc1ccc([C@@H](OCc2ccccc2)C2CNC2)cc1. The molecule has 0 unspecified atom stereocenters. The van der Waals surface area contributed by atoms with Crippen molar-refractivity contribution in [2.24, 2.45) is 5.92 Å². The zero-order valence-corrected chi connectivity index (χ0v) is 12.0. The molecule has 20 heavy (non-hydrogen) atoms. The van der Waals surface area contributed by atoms with Gasteiger partial charge in [0.15, 0.2) is 0 Å². The molecule has 1 N–H and O–H groups in total. The van der Waals surface area contributed by atoms with E-state index < -0.39 is 0 Å². The number of nitrogens with one attached hydrogen (secondary N) is 1. The van der Waals surface area contributed by atoms with E-state index in [2.05, 4.69) is 29.6 Å². The maximum atomic E-state index is 6.17. The molecule has 0 aliphatic carbocycles. The normalized spacial score (nSPS) is 16.6. The molecule has 1 aliphatic heterocycles. The van der Waals surface area contributed by atoms with Gasteiger partial charge in [0.05, 0.1) is 12.7 Å². The van der Waals surface area contributed by atoms with E-state index in [-0.39, 0.29) is 6.10 Å². The van der Waals surface area contributed by atoms with E-state index >= 15 is 0 Å². The lowest BCUT2D eigenvalue weighted by Crippen LogP contribution is -2.45. The fraction of sp³-hybridized carbons (Fsp3) is 0.294. The first kappa shape index (κ1) is 13.6. The molecule has 1 fully saturated rings. The van der Waals surface area contributed by atoms with Crippen LogP contribution in [-0.4, -0.2) is 13.1 Å². The Morgan fingerprint density at radius 3 is 2.35 bits per heavy atom. The number of hydrogen-bond acceptors (Lipinski definition) is 2. The quantitative estimate of drug-likeness (QED) is 0.903. The Morgan fingerprint density at radius 2 is 1.75 bits per heavy atom. The summed E-state index contributed by atoms with van der Waals surface area (Å²) in [5.74, 6) is 0.542. The summed E-state index contributed by atoms with van der Waals surface area (Å²) in [5.41, 5.74) is 2.41. The van der Waals surface area contributed by atoms with Crippen LogP contribution in [0.25, 0.3) is 0 Å². The highest BCUT2D eigenvalue weighted by molar-refractivity contribution is 6.30. The van der Waals surface area contributed by atoms with Gasteiger partial charge in [0.2, 0.25) is 0 Å². The minimum Gasteiger partial charge on any atom is -0.368 e. The van der Waals surface area contributed by atoms with Crippen molar-refractivity contribution in [1.82, 2.24) is 5.32 Å². The molecule has 3 heteroatoms. The fourth-order valence-corrected chi connectivity index (χ4v) is 2.57. The summed E-state index contributed by atoms with van der Waals surface area (Å²) in [6, 6.07) is 18.3. The molecular formula is C17H18ClNO. The molecule has 0 saturated carbocycles. The number of rotatable bonds is 5. The van der Waals surface area contributed by atoms with Crippen molar-refractivity contribution in [3.05, 3.63) is 70.7 Å². The van der Waals surface area contributed by atoms with E-state index in [1.165, 1.54) is 11.1 Å². The molecule has 0 spiro atoms. The second-order valence-corrected chi connectivity index (χ2v) is 5.62. The maximum absolute atomic E-state index is 6.17. The van der Waals surface area contributed by atoms with Gasteiger partial charge in [0, 0.05) is 24.0 Å². The zero-order chi connectivity index (χ0) is 13.8. The Kier molecular flexibility index (Phi) is 4.36. The van der Waals surface area contributed by atoms with Gasteiger partial charge in [-0.2, -0.15) is 0 Å². The summed E-state index contributed by atoms with van der Waals surface area (Å²) in [4.78, 5) is 0. The molecular weight excluding hydrogens is 270 g/mol. The molecule has 104 valence electrons. The minimum atomic E-state index is 0.133. The minimum absolute atomic E-state index is 0.133. The summed E-state index contributed by atoms with van der Waals surface area (Å²) < 4.78 is 6.17. The van der Waals surface area contributed by atoms with Gasteiger partial charge >= 0.3 is 0 Å². The van der Waals surface area contributed by atoms with Gasteiger partial charge < -0.3 is 10.1 Å². The highest BCUT2D eigenvalue weighted by Gasteiger charge is 2.29. The molecule has 1 saturated heterocycles. The Morgan fingerprint density at radius 1 is 1.05 bits per heavy atom. The van der Waals surface area contributed by atoms with Crippen molar-refractivity contribution in [2.45, 2.75) is 12.7 Å². The van der Waals surface area contributed by atoms with Crippen LogP contribution < -0.4 is 5.32 Å². The second-order valence-electron chi connectivity index (χ2n) is 5.19. The van der Waals surface area contributed by atoms with Crippen LogP contribution in [0.2, 0.25) is 5.02 Å². The molecule has 1 atom stereocenters. The molecule has 2 nitrogen and oxygen atoms in total. The van der Waals surface area contributed by atoms with Crippen LogP contribution in [0.1, 0.15) is 17.2 Å². The van der Waals surface area contributed by atoms with Gasteiger partial charge in [-0.15, -0.1) is 0 Å². The van der Waals surface area contributed by atoms with E-state index in [4.69, 9.17) is 16.3 Å². The number of hydrogen-bond donors (Lipinski definition) is 1. The fourth-order valence-electron chi connectivity index (χ4n) is 2.44. The predicted octanol–water partition coefficient (Wildman–Crippen LogP) is 3.82. The van der Waals surface area contributed by atoms with Crippen LogP contribution in [-0.2, 0) is 11.3 Å². The molecule has 2 aromatic carbocycles. The largest absolute Gasteiger partial charge is 0.368 e. The molecule has 0 amide bonds. The Hall–Kier alpha value is -1.35. The first-order chi connectivity index (χ1) is 9.83. The van der Waals surface area contributed by atoms with Gasteiger partial charge in [-0.25, -0.2) is 0 Å². The van der Waals surface area contributed by atoms with E-state index in [1.54, 1.807) is 0 Å². The second kappa shape index (κ2) is 6.40. The monoisotopic (exact) mass is 287 g/mol. The van der Waals surface area contributed by atoms with Crippen LogP contribution in [0.3, 0.4) is 0 Å². The third-order valence-corrected chi connectivity index (χ3v) is 3.96. The van der Waals surface area contributed by atoms with Crippen molar-refractivity contribution >= 4 is 11.6 Å². The topological polar surface area (TPSA) is 21.3 Å². The number of ether oxygens (including phenoxy) is 1. The first-order valence-electron chi connectivity index (χ1n) is 6.94. The van der Waals surface area contributed by atoms with Gasteiger partial charge in [-0.3, -0.25) is 0 Å².